The van der Waals surface area contributed by atoms with E-state index in [0.29, 0.717) is 30.0 Å². The Balaban J connectivity index is 1.41. The molecule has 1 amide bonds. The predicted octanol–water partition coefficient (Wildman–Crippen LogP) is 1.61. The van der Waals surface area contributed by atoms with E-state index in [1.807, 2.05) is 18.2 Å². The third-order valence-corrected chi connectivity index (χ3v) is 3.71. The highest BCUT2D eigenvalue weighted by atomic mass is 16.6. The fourth-order valence-corrected chi connectivity index (χ4v) is 2.35. The summed E-state index contributed by atoms with van der Waals surface area (Å²) in [7, 11) is 0. The molecule has 1 atom stereocenters. The normalized spacial score (nSPS) is 15.0. The summed E-state index contributed by atoms with van der Waals surface area (Å²) in [6.07, 6.45) is 0.360. The number of fused-ring (bicyclic) bond motifs is 1. The maximum absolute atomic E-state index is 11.9. The molecule has 0 fully saturated rings. The molecular weight excluding hydrogens is 338 g/mol. The standard InChI is InChI=1S/C19H17NO6/c21-10-13-5-7-14(8-6-13)19(23)25-12-18(22)20-9-15-11-24-16-3-1-2-4-17(16)26-15/h1-8,10,15H,9,11-12H2,(H,20,22)/t15-/m1/s1. The Kier molecular flexibility index (Phi) is 5.48. The quantitative estimate of drug-likeness (QED) is 0.625. The average molecular weight is 355 g/mol. The molecule has 0 saturated heterocycles. The van der Waals surface area contributed by atoms with Crippen molar-refractivity contribution >= 4 is 18.2 Å². The van der Waals surface area contributed by atoms with Crippen molar-refractivity contribution in [3.05, 3.63) is 59.7 Å². The summed E-state index contributed by atoms with van der Waals surface area (Å²) in [6.45, 7) is 0.150. The molecule has 0 unspecified atom stereocenters. The van der Waals surface area contributed by atoms with E-state index >= 15 is 0 Å². The minimum Gasteiger partial charge on any atom is -0.486 e. The molecule has 1 aliphatic heterocycles. The van der Waals surface area contributed by atoms with Crippen LogP contribution >= 0.6 is 0 Å². The third kappa shape index (κ3) is 4.38. The molecule has 7 heteroatoms. The van der Waals surface area contributed by atoms with Gasteiger partial charge in [-0.3, -0.25) is 9.59 Å². The first-order chi connectivity index (χ1) is 12.7. The number of nitrogens with one attached hydrogen (secondary N) is 1. The molecule has 0 saturated carbocycles. The number of hydrogen-bond donors (Lipinski definition) is 1. The molecule has 0 aromatic heterocycles. The van der Waals surface area contributed by atoms with Crippen LogP contribution in [0.4, 0.5) is 0 Å². The maximum Gasteiger partial charge on any atom is 0.338 e. The van der Waals surface area contributed by atoms with E-state index < -0.39 is 18.5 Å². The summed E-state index contributed by atoms with van der Waals surface area (Å²) >= 11 is 0. The van der Waals surface area contributed by atoms with Gasteiger partial charge in [0.25, 0.3) is 5.91 Å². The Labute approximate surface area is 149 Å². The van der Waals surface area contributed by atoms with Crippen LogP contribution in [0.1, 0.15) is 20.7 Å². The number of esters is 1. The van der Waals surface area contributed by atoms with Crippen LogP contribution < -0.4 is 14.8 Å². The highest BCUT2D eigenvalue weighted by Gasteiger charge is 2.21. The van der Waals surface area contributed by atoms with Crippen LogP contribution in [-0.4, -0.2) is 44.0 Å². The Bertz CT molecular complexity index is 802. The topological polar surface area (TPSA) is 90.9 Å². The van der Waals surface area contributed by atoms with Gasteiger partial charge in [0.1, 0.15) is 19.0 Å². The summed E-state index contributed by atoms with van der Waals surface area (Å²) < 4.78 is 16.2. The molecule has 1 aliphatic rings. The Hall–Kier alpha value is -3.35. The van der Waals surface area contributed by atoms with Crippen molar-refractivity contribution in [2.45, 2.75) is 6.10 Å². The zero-order valence-corrected chi connectivity index (χ0v) is 13.8. The van der Waals surface area contributed by atoms with Gasteiger partial charge in [-0.15, -0.1) is 0 Å². The smallest absolute Gasteiger partial charge is 0.338 e. The Morgan fingerprint density at radius 1 is 1.12 bits per heavy atom. The van der Waals surface area contributed by atoms with Gasteiger partial charge in [-0.2, -0.15) is 0 Å². The van der Waals surface area contributed by atoms with Gasteiger partial charge in [0, 0.05) is 5.56 Å². The fourth-order valence-electron chi connectivity index (χ4n) is 2.35. The van der Waals surface area contributed by atoms with Crippen LogP contribution in [0.25, 0.3) is 0 Å². The number of amides is 1. The third-order valence-electron chi connectivity index (χ3n) is 3.71. The summed E-state index contributed by atoms with van der Waals surface area (Å²) in [5.74, 6) is 0.224. The van der Waals surface area contributed by atoms with Crippen LogP contribution in [0.3, 0.4) is 0 Å². The van der Waals surface area contributed by atoms with Crippen molar-refractivity contribution < 1.29 is 28.6 Å². The van der Waals surface area contributed by atoms with Gasteiger partial charge in [-0.05, 0) is 24.3 Å². The van der Waals surface area contributed by atoms with E-state index in [-0.39, 0.29) is 18.2 Å². The number of para-hydroxylation sites is 2. The Morgan fingerprint density at radius 2 is 1.85 bits per heavy atom. The number of carbonyl (C=O) groups excluding carboxylic acids is 3. The molecule has 1 heterocycles. The summed E-state index contributed by atoms with van der Waals surface area (Å²) in [6, 6.07) is 13.2. The molecule has 0 radical (unpaired) electrons. The fraction of sp³-hybridized carbons (Fsp3) is 0.211. The van der Waals surface area contributed by atoms with E-state index in [2.05, 4.69) is 5.32 Å². The molecule has 0 bridgehead atoms. The number of hydrogen-bond acceptors (Lipinski definition) is 6. The SMILES string of the molecule is O=Cc1ccc(C(=O)OCC(=O)NC[C@@H]2COc3ccccc3O2)cc1. The first-order valence-electron chi connectivity index (χ1n) is 8.03. The van der Waals surface area contributed by atoms with Gasteiger partial charge in [-0.25, -0.2) is 4.79 Å². The lowest BCUT2D eigenvalue weighted by Gasteiger charge is -2.26. The van der Waals surface area contributed by atoms with Gasteiger partial charge in [0.05, 0.1) is 12.1 Å². The molecule has 2 aromatic rings. The van der Waals surface area contributed by atoms with Crippen LogP contribution in [0.5, 0.6) is 11.5 Å². The molecule has 26 heavy (non-hydrogen) atoms. The molecule has 134 valence electrons. The van der Waals surface area contributed by atoms with E-state index in [4.69, 9.17) is 14.2 Å². The van der Waals surface area contributed by atoms with Gasteiger partial charge >= 0.3 is 5.97 Å². The highest BCUT2D eigenvalue weighted by molar-refractivity contribution is 5.92. The van der Waals surface area contributed by atoms with Crippen molar-refractivity contribution in [3.8, 4) is 11.5 Å². The number of carbonyl (C=O) groups is 3. The molecule has 2 aromatic carbocycles. The number of rotatable bonds is 6. The molecule has 0 spiro atoms. The minimum atomic E-state index is -0.635. The van der Waals surface area contributed by atoms with Gasteiger partial charge in [0.15, 0.2) is 18.1 Å². The summed E-state index contributed by atoms with van der Waals surface area (Å²) in [4.78, 5) is 34.3. The van der Waals surface area contributed by atoms with Gasteiger partial charge in [-0.1, -0.05) is 24.3 Å². The van der Waals surface area contributed by atoms with Crippen LogP contribution in [0.2, 0.25) is 0 Å². The zero-order chi connectivity index (χ0) is 18.4. The van der Waals surface area contributed by atoms with Crippen LogP contribution in [0, 0.1) is 0 Å². The van der Waals surface area contributed by atoms with Crippen molar-refractivity contribution in [3.63, 3.8) is 0 Å². The number of aldehydes is 1. The van der Waals surface area contributed by atoms with Crippen LogP contribution in [0.15, 0.2) is 48.5 Å². The van der Waals surface area contributed by atoms with Crippen molar-refractivity contribution in [2.24, 2.45) is 0 Å². The van der Waals surface area contributed by atoms with Crippen molar-refractivity contribution in [1.82, 2.24) is 5.32 Å². The summed E-state index contributed by atoms with van der Waals surface area (Å²) in [5, 5.41) is 2.64. The first-order valence-corrected chi connectivity index (χ1v) is 8.03. The number of benzene rings is 2. The largest absolute Gasteiger partial charge is 0.486 e. The second kappa shape index (κ2) is 8.15. The summed E-state index contributed by atoms with van der Waals surface area (Å²) in [5.41, 5.74) is 0.722. The second-order valence-corrected chi connectivity index (χ2v) is 5.62. The molecule has 3 rings (SSSR count). The van der Waals surface area contributed by atoms with E-state index in [0.717, 1.165) is 0 Å². The second-order valence-electron chi connectivity index (χ2n) is 5.62. The van der Waals surface area contributed by atoms with Gasteiger partial charge in [0.2, 0.25) is 0 Å². The van der Waals surface area contributed by atoms with E-state index in [1.165, 1.54) is 24.3 Å². The zero-order valence-electron chi connectivity index (χ0n) is 13.8. The lowest BCUT2D eigenvalue weighted by Crippen LogP contribution is -2.42. The van der Waals surface area contributed by atoms with Crippen molar-refractivity contribution in [1.29, 1.82) is 0 Å². The minimum absolute atomic E-state index is 0.235. The van der Waals surface area contributed by atoms with E-state index in [9.17, 15) is 14.4 Å². The van der Waals surface area contributed by atoms with Gasteiger partial charge < -0.3 is 19.5 Å². The lowest BCUT2D eigenvalue weighted by molar-refractivity contribution is -0.124. The van der Waals surface area contributed by atoms with Crippen molar-refractivity contribution in [2.75, 3.05) is 19.8 Å². The average Bonchev–Trinajstić information content (AvgIpc) is 2.70. The monoisotopic (exact) mass is 355 g/mol. The highest BCUT2D eigenvalue weighted by Crippen LogP contribution is 2.30. The molecule has 7 nitrogen and oxygen atoms in total. The Morgan fingerprint density at radius 3 is 2.58 bits per heavy atom. The predicted molar refractivity (Wildman–Crippen MR) is 91.5 cm³/mol. The van der Waals surface area contributed by atoms with Crippen LogP contribution in [-0.2, 0) is 9.53 Å². The van der Waals surface area contributed by atoms with E-state index in [1.54, 1.807) is 6.07 Å². The number of ether oxygens (including phenoxy) is 3. The first kappa shape index (κ1) is 17.5. The molecular formula is C19H17NO6. The molecule has 0 aliphatic carbocycles. The maximum atomic E-state index is 11.9. The molecule has 1 N–H and O–H groups in total. The lowest BCUT2D eigenvalue weighted by atomic mass is 10.1.